The molecule has 1 saturated heterocycles. The van der Waals surface area contributed by atoms with Gasteiger partial charge in [-0.05, 0) is 18.2 Å². The molecule has 114 valence electrons. The summed E-state index contributed by atoms with van der Waals surface area (Å²) >= 11 is 9.45. The van der Waals surface area contributed by atoms with Gasteiger partial charge < -0.3 is 10.2 Å². The van der Waals surface area contributed by atoms with Gasteiger partial charge in [0.1, 0.15) is 0 Å². The van der Waals surface area contributed by atoms with Crippen LogP contribution in [0.25, 0.3) is 0 Å². The smallest absolute Gasteiger partial charge is 0.255 e. The highest BCUT2D eigenvalue weighted by molar-refractivity contribution is 9.10. The fraction of sp³-hybridized carbons (Fsp3) is 0.429. The van der Waals surface area contributed by atoms with E-state index in [4.69, 9.17) is 11.6 Å². The number of hydrogen-bond donors (Lipinski definition) is 1. The van der Waals surface area contributed by atoms with Crippen molar-refractivity contribution >= 4 is 39.3 Å². The summed E-state index contributed by atoms with van der Waals surface area (Å²) in [6, 6.07) is 5.25. The predicted molar refractivity (Wildman–Crippen MR) is 85.6 cm³/mol. The van der Waals surface area contributed by atoms with E-state index in [-0.39, 0.29) is 11.8 Å². The molecule has 0 saturated carbocycles. The van der Waals surface area contributed by atoms with Gasteiger partial charge in [0.05, 0.1) is 17.1 Å². The van der Waals surface area contributed by atoms with Crippen molar-refractivity contribution in [2.45, 2.75) is 0 Å². The first-order valence-corrected chi connectivity index (χ1v) is 7.85. The Labute approximate surface area is 137 Å². The molecule has 1 aliphatic heterocycles. The normalized spacial score (nSPS) is 15.9. The van der Waals surface area contributed by atoms with Crippen molar-refractivity contribution in [2.24, 2.45) is 0 Å². The van der Waals surface area contributed by atoms with Gasteiger partial charge in [0.2, 0.25) is 5.91 Å². The Morgan fingerprint density at radius 3 is 2.57 bits per heavy atom. The molecule has 0 bridgehead atoms. The lowest BCUT2D eigenvalue weighted by molar-refractivity contribution is -0.122. The molecule has 2 rings (SSSR count). The molecule has 0 aromatic heterocycles. The second-order valence-corrected chi connectivity index (χ2v) is 6.19. The molecule has 0 radical (unpaired) electrons. The number of halogens is 2. The second kappa shape index (κ2) is 7.24. The maximum atomic E-state index is 12.5. The number of nitrogens with one attached hydrogen (secondary N) is 1. The molecule has 2 amide bonds. The Kier molecular flexibility index (Phi) is 5.61. The molecule has 1 fully saturated rings. The minimum Gasteiger partial charge on any atom is -0.358 e. The van der Waals surface area contributed by atoms with Crippen LogP contribution in [0.15, 0.2) is 22.7 Å². The van der Waals surface area contributed by atoms with E-state index in [0.29, 0.717) is 43.3 Å². The summed E-state index contributed by atoms with van der Waals surface area (Å²) in [7, 11) is 1.62. The van der Waals surface area contributed by atoms with Crippen LogP contribution in [0.4, 0.5) is 0 Å². The van der Waals surface area contributed by atoms with Crippen molar-refractivity contribution in [1.82, 2.24) is 15.1 Å². The molecule has 1 N–H and O–H groups in total. The van der Waals surface area contributed by atoms with Gasteiger partial charge >= 0.3 is 0 Å². The molecule has 1 aromatic carbocycles. The van der Waals surface area contributed by atoms with Crippen LogP contribution in [-0.4, -0.2) is 61.4 Å². The van der Waals surface area contributed by atoms with E-state index < -0.39 is 0 Å². The maximum absolute atomic E-state index is 12.5. The van der Waals surface area contributed by atoms with Crippen molar-refractivity contribution in [2.75, 3.05) is 39.8 Å². The van der Waals surface area contributed by atoms with Gasteiger partial charge in [-0.1, -0.05) is 27.5 Å². The van der Waals surface area contributed by atoms with Gasteiger partial charge in [0.25, 0.3) is 5.91 Å². The summed E-state index contributed by atoms with van der Waals surface area (Å²) in [6.07, 6.45) is 0. The van der Waals surface area contributed by atoms with Crippen LogP contribution >= 0.6 is 27.5 Å². The number of carbonyl (C=O) groups excluding carboxylic acids is 2. The van der Waals surface area contributed by atoms with Crippen LogP contribution in [0, 0.1) is 0 Å². The first-order valence-electron chi connectivity index (χ1n) is 6.68. The SMILES string of the molecule is CNC(=O)CN1CCN(C(=O)c2cc(Br)ccc2Cl)CC1. The first kappa shape index (κ1) is 16.3. The molecule has 0 aliphatic carbocycles. The lowest BCUT2D eigenvalue weighted by atomic mass is 10.2. The summed E-state index contributed by atoms with van der Waals surface area (Å²) in [5.74, 6) is -0.0781. The fourth-order valence-corrected chi connectivity index (χ4v) is 2.78. The van der Waals surface area contributed by atoms with Gasteiger partial charge in [-0.15, -0.1) is 0 Å². The molecule has 1 heterocycles. The van der Waals surface area contributed by atoms with Crippen LogP contribution < -0.4 is 5.32 Å². The van der Waals surface area contributed by atoms with E-state index in [1.807, 2.05) is 4.90 Å². The molecule has 7 heteroatoms. The monoisotopic (exact) mass is 373 g/mol. The Morgan fingerprint density at radius 1 is 1.29 bits per heavy atom. The van der Waals surface area contributed by atoms with Crippen LogP contribution in [0.2, 0.25) is 5.02 Å². The molecule has 21 heavy (non-hydrogen) atoms. The van der Waals surface area contributed by atoms with Crippen LogP contribution in [0.1, 0.15) is 10.4 Å². The number of benzene rings is 1. The molecule has 0 atom stereocenters. The summed E-state index contributed by atoms with van der Waals surface area (Å²) < 4.78 is 0.827. The summed E-state index contributed by atoms with van der Waals surface area (Å²) in [5, 5.41) is 3.06. The number of hydrogen-bond acceptors (Lipinski definition) is 3. The highest BCUT2D eigenvalue weighted by Crippen LogP contribution is 2.22. The maximum Gasteiger partial charge on any atom is 0.255 e. The zero-order chi connectivity index (χ0) is 15.4. The van der Waals surface area contributed by atoms with Gasteiger partial charge in [-0.25, -0.2) is 0 Å². The van der Waals surface area contributed by atoms with Gasteiger partial charge in [-0.2, -0.15) is 0 Å². The zero-order valence-corrected chi connectivity index (χ0v) is 14.1. The number of nitrogens with zero attached hydrogens (tertiary/aromatic N) is 2. The van der Waals surface area contributed by atoms with Crippen LogP contribution in [0.3, 0.4) is 0 Å². The minimum atomic E-state index is -0.0686. The number of rotatable bonds is 3. The lowest BCUT2D eigenvalue weighted by Crippen LogP contribution is -2.50. The summed E-state index contributed by atoms with van der Waals surface area (Å²) in [5.41, 5.74) is 0.505. The average molecular weight is 375 g/mol. The number of amides is 2. The van der Waals surface area contributed by atoms with E-state index in [1.54, 1.807) is 30.1 Å². The van der Waals surface area contributed by atoms with Crippen molar-refractivity contribution in [3.05, 3.63) is 33.3 Å². The van der Waals surface area contributed by atoms with Crippen molar-refractivity contribution in [3.63, 3.8) is 0 Å². The van der Waals surface area contributed by atoms with E-state index in [2.05, 4.69) is 21.2 Å². The summed E-state index contributed by atoms with van der Waals surface area (Å²) in [6.45, 7) is 2.93. The number of likely N-dealkylation sites (N-methyl/N-ethyl adjacent to an activating group) is 1. The van der Waals surface area contributed by atoms with E-state index in [0.717, 1.165) is 4.47 Å². The third-order valence-electron chi connectivity index (χ3n) is 3.46. The largest absolute Gasteiger partial charge is 0.358 e. The van der Waals surface area contributed by atoms with Crippen molar-refractivity contribution < 1.29 is 9.59 Å². The fourth-order valence-electron chi connectivity index (χ4n) is 2.22. The average Bonchev–Trinajstić information content (AvgIpc) is 2.49. The molecule has 1 aromatic rings. The molecule has 0 unspecified atom stereocenters. The lowest BCUT2D eigenvalue weighted by Gasteiger charge is -2.34. The predicted octanol–water partition coefficient (Wildman–Crippen LogP) is 1.61. The molecular formula is C14H17BrClN3O2. The third-order valence-corrected chi connectivity index (χ3v) is 4.29. The van der Waals surface area contributed by atoms with Gasteiger partial charge in [-0.3, -0.25) is 14.5 Å². The van der Waals surface area contributed by atoms with Crippen LogP contribution in [-0.2, 0) is 4.79 Å². The Bertz CT molecular complexity index is 545. The molecular weight excluding hydrogens is 358 g/mol. The van der Waals surface area contributed by atoms with Gasteiger partial charge in [0, 0.05) is 37.7 Å². The van der Waals surface area contributed by atoms with E-state index in [9.17, 15) is 9.59 Å². The zero-order valence-electron chi connectivity index (χ0n) is 11.7. The van der Waals surface area contributed by atoms with Gasteiger partial charge in [0.15, 0.2) is 0 Å². The van der Waals surface area contributed by atoms with E-state index in [1.165, 1.54) is 0 Å². The van der Waals surface area contributed by atoms with Crippen molar-refractivity contribution in [3.8, 4) is 0 Å². The van der Waals surface area contributed by atoms with Crippen LogP contribution in [0.5, 0.6) is 0 Å². The quantitative estimate of drug-likeness (QED) is 0.874. The number of piperazine rings is 1. The third kappa shape index (κ3) is 4.18. The molecule has 1 aliphatic rings. The highest BCUT2D eigenvalue weighted by Gasteiger charge is 2.24. The molecule has 0 spiro atoms. The first-order chi connectivity index (χ1) is 10.0. The van der Waals surface area contributed by atoms with Crippen molar-refractivity contribution in [1.29, 1.82) is 0 Å². The Hall–Kier alpha value is -1.11. The Morgan fingerprint density at radius 2 is 1.95 bits per heavy atom. The highest BCUT2D eigenvalue weighted by atomic mass is 79.9. The minimum absolute atomic E-state index is 0.00943. The summed E-state index contributed by atoms with van der Waals surface area (Å²) in [4.78, 5) is 27.6. The topological polar surface area (TPSA) is 52.7 Å². The Balaban J connectivity index is 1.97. The standard InChI is InChI=1S/C14H17BrClN3O2/c1-17-13(20)9-18-4-6-19(7-5-18)14(21)11-8-10(15)2-3-12(11)16/h2-3,8H,4-7,9H2,1H3,(H,17,20). The van der Waals surface area contributed by atoms with E-state index >= 15 is 0 Å². The second-order valence-electron chi connectivity index (χ2n) is 4.87. The molecule has 5 nitrogen and oxygen atoms in total. The number of carbonyl (C=O) groups is 2.